The van der Waals surface area contributed by atoms with Gasteiger partial charge in [0.2, 0.25) is 11.9 Å². The van der Waals surface area contributed by atoms with Crippen LogP contribution in [-0.2, 0) is 0 Å². The molecule has 1 saturated heterocycles. The smallest absolute Gasteiger partial charge is 0.270 e. The van der Waals surface area contributed by atoms with Gasteiger partial charge in [0.15, 0.2) is 5.13 Å². The number of nitrogens with zero attached hydrogens (tertiary/aromatic N) is 4. The first-order chi connectivity index (χ1) is 16.5. The maximum Gasteiger partial charge on any atom is 0.270 e. The molecular weight excluding hydrogens is 468 g/mol. The summed E-state index contributed by atoms with van der Waals surface area (Å²) in [5.41, 5.74) is 1.13. The Bertz CT molecular complexity index is 1160. The van der Waals surface area contributed by atoms with Gasteiger partial charge in [0.1, 0.15) is 11.4 Å². The molecule has 0 aliphatic carbocycles. The Morgan fingerprint density at radius 1 is 1.21 bits per heavy atom. The lowest BCUT2D eigenvalue weighted by atomic mass is 10.1. The van der Waals surface area contributed by atoms with Crippen LogP contribution in [0.5, 0.6) is 5.75 Å². The number of hydrogen-bond acceptors (Lipinski definition) is 8. The fourth-order valence-corrected chi connectivity index (χ4v) is 6.05. The van der Waals surface area contributed by atoms with E-state index in [1.54, 1.807) is 17.0 Å². The zero-order chi connectivity index (χ0) is 23.7. The predicted octanol–water partition coefficient (Wildman–Crippen LogP) is 4.19. The number of ether oxygens (including phenoxy) is 1. The fraction of sp³-hybridized carbons (Fsp3) is 0.400. The van der Waals surface area contributed by atoms with E-state index < -0.39 is 6.10 Å². The third-order valence-electron chi connectivity index (χ3n) is 6.46. The number of benzene rings is 1. The summed E-state index contributed by atoms with van der Waals surface area (Å²) < 4.78 is 5.89. The zero-order valence-corrected chi connectivity index (χ0v) is 21.0. The highest BCUT2D eigenvalue weighted by Crippen LogP contribution is 2.38. The van der Waals surface area contributed by atoms with Crippen LogP contribution < -0.4 is 9.64 Å². The molecule has 0 N–H and O–H groups in total. The molecule has 2 unspecified atom stereocenters. The van der Waals surface area contributed by atoms with Crippen LogP contribution in [0.4, 0.5) is 5.13 Å². The summed E-state index contributed by atoms with van der Waals surface area (Å²) in [5.74, 6) is 0.443. The van der Waals surface area contributed by atoms with Crippen LogP contribution in [0.15, 0.2) is 47.2 Å². The van der Waals surface area contributed by atoms with Crippen LogP contribution in [-0.4, -0.2) is 72.8 Å². The minimum Gasteiger partial charge on any atom is -0.475 e. The Labute approximate surface area is 207 Å². The summed E-state index contributed by atoms with van der Waals surface area (Å²) in [6.07, 6.45) is 1.28. The SMILES string of the molecule is CN(C)C1CCN(CCCN(C(=O)c2cccs2)c2nc(C3Oc4ccccc4C3=O)cs2)C1. The molecule has 7 nitrogen and oxygen atoms in total. The van der Waals surface area contributed by atoms with Crippen molar-refractivity contribution in [1.82, 2.24) is 14.8 Å². The predicted molar refractivity (Wildman–Crippen MR) is 135 cm³/mol. The number of aromatic nitrogens is 1. The Balaban J connectivity index is 1.30. The van der Waals surface area contributed by atoms with Crippen molar-refractivity contribution >= 4 is 39.5 Å². The summed E-state index contributed by atoms with van der Waals surface area (Å²) in [7, 11) is 4.26. The molecule has 2 aliphatic heterocycles. The number of rotatable bonds is 8. The summed E-state index contributed by atoms with van der Waals surface area (Å²) in [5, 5.41) is 4.35. The molecule has 3 aromatic rings. The number of amides is 1. The van der Waals surface area contributed by atoms with E-state index in [-0.39, 0.29) is 11.7 Å². The van der Waals surface area contributed by atoms with Crippen LogP contribution in [0.3, 0.4) is 0 Å². The van der Waals surface area contributed by atoms with Crippen molar-refractivity contribution in [2.24, 2.45) is 0 Å². The van der Waals surface area contributed by atoms with Crippen molar-refractivity contribution in [3.8, 4) is 5.75 Å². The molecule has 178 valence electrons. The molecule has 2 atom stereocenters. The number of carbonyl (C=O) groups excluding carboxylic acids is 2. The van der Waals surface area contributed by atoms with Gasteiger partial charge in [0.05, 0.1) is 10.4 Å². The van der Waals surface area contributed by atoms with E-state index in [1.165, 1.54) is 29.1 Å². The number of thiazole rings is 1. The van der Waals surface area contributed by atoms with Crippen molar-refractivity contribution < 1.29 is 14.3 Å². The number of hydrogen-bond donors (Lipinski definition) is 0. The molecule has 2 aromatic heterocycles. The number of fused-ring (bicyclic) bond motifs is 1. The molecule has 0 radical (unpaired) electrons. The molecule has 5 rings (SSSR count). The lowest BCUT2D eigenvalue weighted by Crippen LogP contribution is -2.35. The largest absolute Gasteiger partial charge is 0.475 e. The van der Waals surface area contributed by atoms with Gasteiger partial charge >= 0.3 is 0 Å². The van der Waals surface area contributed by atoms with Gasteiger partial charge in [-0.15, -0.1) is 22.7 Å². The molecule has 0 spiro atoms. The van der Waals surface area contributed by atoms with Crippen molar-refractivity contribution in [2.45, 2.75) is 25.0 Å². The van der Waals surface area contributed by atoms with E-state index in [0.717, 1.165) is 26.1 Å². The molecule has 1 fully saturated rings. The minimum absolute atomic E-state index is 0.0505. The molecule has 9 heteroatoms. The fourth-order valence-electron chi connectivity index (χ4n) is 4.52. The van der Waals surface area contributed by atoms with E-state index in [9.17, 15) is 9.59 Å². The highest BCUT2D eigenvalue weighted by Gasteiger charge is 2.36. The zero-order valence-electron chi connectivity index (χ0n) is 19.3. The Hall–Kier alpha value is -2.59. The van der Waals surface area contributed by atoms with Crippen LogP contribution in [0, 0.1) is 0 Å². The van der Waals surface area contributed by atoms with Crippen molar-refractivity contribution in [3.63, 3.8) is 0 Å². The summed E-state index contributed by atoms with van der Waals surface area (Å²) >= 11 is 2.82. The maximum absolute atomic E-state index is 13.3. The Kier molecular flexibility index (Phi) is 6.78. The van der Waals surface area contributed by atoms with E-state index in [0.29, 0.717) is 39.6 Å². The maximum atomic E-state index is 13.3. The average molecular weight is 497 g/mol. The second-order valence-corrected chi connectivity index (χ2v) is 10.7. The first-order valence-corrected chi connectivity index (χ1v) is 13.3. The molecule has 2 aliphatic rings. The Morgan fingerprint density at radius 2 is 2.06 bits per heavy atom. The number of likely N-dealkylation sites (tertiary alicyclic amines) is 1. The second-order valence-electron chi connectivity index (χ2n) is 8.91. The molecular formula is C25H28N4O3S2. The topological polar surface area (TPSA) is 66.0 Å². The number of likely N-dealkylation sites (N-methyl/N-ethyl adjacent to an activating group) is 1. The third-order valence-corrected chi connectivity index (χ3v) is 8.20. The lowest BCUT2D eigenvalue weighted by Gasteiger charge is -2.23. The number of ketones is 1. The van der Waals surface area contributed by atoms with Crippen molar-refractivity contribution in [3.05, 3.63) is 63.3 Å². The van der Waals surface area contributed by atoms with Gasteiger partial charge in [0.25, 0.3) is 5.91 Å². The van der Waals surface area contributed by atoms with Crippen molar-refractivity contribution in [1.29, 1.82) is 0 Å². The number of anilines is 1. The molecule has 0 saturated carbocycles. The lowest BCUT2D eigenvalue weighted by molar-refractivity contribution is 0.0854. The first-order valence-electron chi connectivity index (χ1n) is 11.5. The summed E-state index contributed by atoms with van der Waals surface area (Å²) in [4.78, 5) is 38.1. The number of thiophene rings is 1. The van der Waals surface area contributed by atoms with E-state index in [2.05, 4.69) is 23.9 Å². The highest BCUT2D eigenvalue weighted by molar-refractivity contribution is 7.14. The van der Waals surface area contributed by atoms with Crippen LogP contribution >= 0.6 is 22.7 Å². The highest BCUT2D eigenvalue weighted by atomic mass is 32.1. The monoisotopic (exact) mass is 496 g/mol. The number of carbonyl (C=O) groups is 2. The third kappa shape index (κ3) is 4.65. The molecule has 0 bridgehead atoms. The molecule has 4 heterocycles. The molecule has 1 aromatic carbocycles. The van der Waals surface area contributed by atoms with Gasteiger partial charge in [-0.3, -0.25) is 14.5 Å². The van der Waals surface area contributed by atoms with Gasteiger partial charge in [-0.1, -0.05) is 18.2 Å². The quantitative estimate of drug-likeness (QED) is 0.466. The second kappa shape index (κ2) is 9.95. The first kappa shape index (κ1) is 23.2. The van der Waals surface area contributed by atoms with E-state index >= 15 is 0 Å². The standard InChI is InChI=1S/C25H28N4O3S2/c1-27(2)17-10-13-28(15-17)11-6-12-29(24(31)21-9-5-14-33-21)25-26-19(16-34-25)23-22(30)18-7-3-4-8-20(18)32-23/h3-5,7-9,14,16-17,23H,6,10-13,15H2,1-2H3. The van der Waals surface area contributed by atoms with Crippen LogP contribution in [0.2, 0.25) is 0 Å². The number of para-hydroxylation sites is 1. The minimum atomic E-state index is -0.756. The average Bonchev–Trinajstić information content (AvgIpc) is 3.64. The molecule has 1 amide bonds. The normalized spacial score (nSPS) is 20.0. The van der Waals surface area contributed by atoms with Gasteiger partial charge in [-0.2, -0.15) is 0 Å². The Morgan fingerprint density at radius 3 is 2.79 bits per heavy atom. The summed E-state index contributed by atoms with van der Waals surface area (Å²) in [6.45, 7) is 3.67. The van der Waals surface area contributed by atoms with Crippen molar-refractivity contribution in [2.75, 3.05) is 45.2 Å². The van der Waals surface area contributed by atoms with Gasteiger partial charge in [-0.05, 0) is 63.6 Å². The van der Waals surface area contributed by atoms with E-state index in [1.807, 2.05) is 35.0 Å². The van der Waals surface area contributed by atoms with Crippen LogP contribution in [0.25, 0.3) is 0 Å². The van der Waals surface area contributed by atoms with Gasteiger partial charge < -0.3 is 14.5 Å². The van der Waals surface area contributed by atoms with E-state index in [4.69, 9.17) is 9.72 Å². The summed E-state index contributed by atoms with van der Waals surface area (Å²) in [6, 6.07) is 11.6. The van der Waals surface area contributed by atoms with Gasteiger partial charge in [0, 0.05) is 24.5 Å². The number of Topliss-reactive ketones (excluding diaryl/α,β-unsaturated/α-hetero) is 1. The van der Waals surface area contributed by atoms with Gasteiger partial charge in [-0.25, -0.2) is 4.98 Å². The molecule has 34 heavy (non-hydrogen) atoms. The van der Waals surface area contributed by atoms with Crippen LogP contribution in [0.1, 0.15) is 44.7 Å².